The SMILES string of the molecule is CC.CC.CCCN=Cc1cc(CCc2cc(C(C)CC)c(C)c(-c3cc(CF)ncc3F)n2)cc(CC)c1N.CN.FC1=CC=CCC1.NC=O. The largest absolute Gasteiger partial charge is 0.398 e. The van der Waals surface area contributed by atoms with Crippen LogP contribution in [0, 0.1) is 12.7 Å². The lowest BCUT2D eigenvalue weighted by molar-refractivity contribution is -0.106. The van der Waals surface area contributed by atoms with E-state index in [1.807, 2.05) is 46.9 Å². The molecule has 1 unspecified atom stereocenters. The predicted octanol–water partition coefficient (Wildman–Crippen LogP) is 10.3. The average Bonchev–Trinajstić information content (AvgIpc) is 3.18. The molecule has 6 N–H and O–H groups in total. The maximum atomic E-state index is 14.8. The molecule has 0 bridgehead atoms. The molecule has 290 valence electrons. The van der Waals surface area contributed by atoms with E-state index in [0.29, 0.717) is 30.0 Å². The molecule has 0 spiro atoms. The highest BCUT2D eigenvalue weighted by Gasteiger charge is 2.18. The van der Waals surface area contributed by atoms with E-state index in [-0.39, 0.29) is 17.9 Å². The summed E-state index contributed by atoms with van der Waals surface area (Å²) in [7, 11) is 1.50. The number of carbonyl (C=O) groups is 1. The zero-order chi connectivity index (χ0) is 40.1. The van der Waals surface area contributed by atoms with Crippen molar-refractivity contribution in [2.75, 3.05) is 19.3 Å². The fourth-order valence-corrected chi connectivity index (χ4v) is 5.03. The number of allylic oxidation sites excluding steroid dienone is 4. The number of alkyl halides is 1. The highest BCUT2D eigenvalue weighted by atomic mass is 19.1. The summed E-state index contributed by atoms with van der Waals surface area (Å²) in [5.74, 6) is -0.194. The van der Waals surface area contributed by atoms with Gasteiger partial charge in [-0.1, -0.05) is 73.6 Å². The number of carbonyl (C=O) groups excluding carboxylic acids is 1. The molecule has 0 saturated carbocycles. The lowest BCUT2D eigenvalue weighted by Crippen LogP contribution is -2.07. The summed E-state index contributed by atoms with van der Waals surface area (Å²) >= 11 is 0. The van der Waals surface area contributed by atoms with E-state index in [1.165, 1.54) is 24.8 Å². The minimum Gasteiger partial charge on any atom is -0.398 e. The van der Waals surface area contributed by atoms with Gasteiger partial charge in [0, 0.05) is 41.7 Å². The van der Waals surface area contributed by atoms with E-state index in [4.69, 9.17) is 15.5 Å². The van der Waals surface area contributed by atoms with Gasteiger partial charge in [0.1, 0.15) is 12.5 Å². The summed E-state index contributed by atoms with van der Waals surface area (Å²) < 4.78 is 40.1. The van der Waals surface area contributed by atoms with Gasteiger partial charge >= 0.3 is 0 Å². The highest BCUT2D eigenvalue weighted by Crippen LogP contribution is 2.32. The number of aliphatic imine (C=N–C) groups is 1. The first kappa shape index (κ1) is 49.8. The zero-order valence-electron chi connectivity index (χ0n) is 33.3. The lowest BCUT2D eigenvalue weighted by Gasteiger charge is -2.19. The smallest absolute Gasteiger partial charge is 0.204 e. The summed E-state index contributed by atoms with van der Waals surface area (Å²) in [5, 5.41) is 0. The standard InChI is InChI=1S/C30H38F2N4.C6H7F.2C2H6.CH3NO.CH5N/c1-6-11-34-17-23-13-21(12-22(8-3)29(23)33)9-10-24-14-26(19(4)7-2)20(5)30(36-24)27-15-25(16-31)35-18-28(27)32;7-6-4-2-1-3-5-6;2*1-2;2-1-3;1-2/h12-15,17-19H,6-11,16,33H2,1-5H3;1-2,4H,3,5H2;2*1-2H3;1H,(H2,2,3);2H2,1H3. The Balaban J connectivity index is 0. The first-order valence-corrected chi connectivity index (χ1v) is 18.5. The van der Waals surface area contributed by atoms with Crippen molar-refractivity contribution in [3.05, 3.63) is 99.5 Å². The third-order valence-electron chi connectivity index (χ3n) is 7.77. The van der Waals surface area contributed by atoms with Crippen LogP contribution < -0.4 is 17.2 Å². The van der Waals surface area contributed by atoms with Crippen LogP contribution >= 0.6 is 0 Å². The van der Waals surface area contributed by atoms with Crippen LogP contribution in [0.4, 0.5) is 18.9 Å². The van der Waals surface area contributed by atoms with Crippen LogP contribution in [0.5, 0.6) is 0 Å². The van der Waals surface area contributed by atoms with Crippen molar-refractivity contribution in [3.63, 3.8) is 0 Å². The van der Waals surface area contributed by atoms with Gasteiger partial charge in [-0.05, 0) is 105 Å². The van der Waals surface area contributed by atoms with Gasteiger partial charge in [-0.15, -0.1) is 0 Å². The van der Waals surface area contributed by atoms with Gasteiger partial charge in [0.15, 0.2) is 5.82 Å². The monoisotopic (exact) mass is 727 g/mol. The maximum Gasteiger partial charge on any atom is 0.204 e. The molecule has 0 saturated heterocycles. The number of rotatable bonds is 11. The van der Waals surface area contributed by atoms with Crippen LogP contribution in [0.1, 0.15) is 126 Å². The van der Waals surface area contributed by atoms with Crippen LogP contribution in [-0.2, 0) is 30.7 Å². The first-order chi connectivity index (χ1) is 25.1. The van der Waals surface area contributed by atoms with Crippen molar-refractivity contribution in [1.82, 2.24) is 9.97 Å². The van der Waals surface area contributed by atoms with Gasteiger partial charge in [-0.3, -0.25) is 19.8 Å². The van der Waals surface area contributed by atoms with E-state index in [1.54, 1.807) is 6.08 Å². The summed E-state index contributed by atoms with van der Waals surface area (Å²) in [6.07, 6.45) is 14.1. The molecule has 1 aromatic carbocycles. The van der Waals surface area contributed by atoms with Crippen LogP contribution in [0.15, 0.2) is 59.5 Å². The minimum absolute atomic E-state index is 0.00231. The number of primary amides is 1. The second kappa shape index (κ2) is 30.3. The van der Waals surface area contributed by atoms with Crippen molar-refractivity contribution >= 4 is 18.3 Å². The van der Waals surface area contributed by atoms with Crippen LogP contribution in [0.25, 0.3) is 11.3 Å². The molecule has 7 nitrogen and oxygen atoms in total. The number of anilines is 1. The van der Waals surface area contributed by atoms with Gasteiger partial charge in [-0.25, -0.2) is 13.2 Å². The number of nitrogens with zero attached hydrogens (tertiary/aromatic N) is 3. The van der Waals surface area contributed by atoms with Crippen molar-refractivity contribution < 1.29 is 18.0 Å². The Labute approximate surface area is 312 Å². The van der Waals surface area contributed by atoms with Gasteiger partial charge in [0.05, 0.1) is 17.6 Å². The molecule has 1 atom stereocenters. The zero-order valence-corrected chi connectivity index (χ0v) is 33.3. The predicted molar refractivity (Wildman–Crippen MR) is 217 cm³/mol. The van der Waals surface area contributed by atoms with Crippen LogP contribution in [0.3, 0.4) is 0 Å². The number of nitrogens with two attached hydrogens (primary N) is 3. The molecular formula is C42H65F3N6O. The number of aromatic nitrogens is 2. The number of benzene rings is 1. The van der Waals surface area contributed by atoms with E-state index in [2.05, 4.69) is 67.3 Å². The quantitative estimate of drug-likeness (QED) is 0.103. The Bertz CT molecular complexity index is 1520. The van der Waals surface area contributed by atoms with E-state index >= 15 is 0 Å². The Morgan fingerprint density at radius 1 is 1.00 bits per heavy atom. The maximum absolute atomic E-state index is 14.8. The Morgan fingerprint density at radius 2 is 1.65 bits per heavy atom. The Kier molecular flexibility index (Phi) is 29.0. The highest BCUT2D eigenvalue weighted by molar-refractivity contribution is 5.88. The molecule has 4 rings (SSSR count). The van der Waals surface area contributed by atoms with E-state index < -0.39 is 12.5 Å². The molecule has 1 aliphatic carbocycles. The third-order valence-corrected chi connectivity index (χ3v) is 7.77. The van der Waals surface area contributed by atoms with Gasteiger partial charge in [0.2, 0.25) is 6.41 Å². The number of amides is 1. The molecule has 1 aliphatic rings. The second-order valence-electron chi connectivity index (χ2n) is 11.1. The molecular weight excluding hydrogens is 661 g/mol. The summed E-state index contributed by atoms with van der Waals surface area (Å²) in [4.78, 5) is 21.8. The molecule has 52 heavy (non-hydrogen) atoms. The van der Waals surface area contributed by atoms with Crippen molar-refractivity contribution in [2.45, 2.75) is 120 Å². The second-order valence-corrected chi connectivity index (χ2v) is 11.1. The number of nitrogen functional groups attached to an aromatic ring is 1. The van der Waals surface area contributed by atoms with Gasteiger partial charge < -0.3 is 17.2 Å². The van der Waals surface area contributed by atoms with E-state index in [0.717, 1.165) is 78.5 Å². The topological polar surface area (TPSA) is 133 Å². The lowest BCUT2D eigenvalue weighted by atomic mass is 9.90. The van der Waals surface area contributed by atoms with E-state index in [9.17, 15) is 13.2 Å². The summed E-state index contributed by atoms with van der Waals surface area (Å²) in [6.45, 7) is 18.5. The van der Waals surface area contributed by atoms with Crippen LogP contribution in [0.2, 0.25) is 0 Å². The third kappa shape index (κ3) is 17.3. The molecule has 2 heterocycles. The molecule has 0 radical (unpaired) electrons. The Morgan fingerprint density at radius 3 is 2.15 bits per heavy atom. The number of pyridine rings is 2. The molecule has 0 aliphatic heterocycles. The molecule has 1 amide bonds. The number of hydrogen-bond acceptors (Lipinski definition) is 6. The van der Waals surface area contributed by atoms with Crippen molar-refractivity contribution in [2.24, 2.45) is 16.5 Å². The minimum atomic E-state index is -0.745. The fourth-order valence-electron chi connectivity index (χ4n) is 5.03. The molecule has 3 aromatic rings. The van der Waals surface area contributed by atoms with Crippen LogP contribution in [-0.4, -0.2) is 36.2 Å². The number of aryl methyl sites for hydroxylation is 3. The number of hydrogen-bond donors (Lipinski definition) is 3. The average molecular weight is 727 g/mol. The Hall–Kier alpha value is -4.31. The molecule has 10 heteroatoms. The fraction of sp³-hybridized carbons (Fsp3) is 0.476. The summed E-state index contributed by atoms with van der Waals surface area (Å²) in [5.41, 5.74) is 23.1. The van der Waals surface area contributed by atoms with Gasteiger partial charge in [-0.2, -0.15) is 0 Å². The van der Waals surface area contributed by atoms with Crippen molar-refractivity contribution in [1.29, 1.82) is 0 Å². The number of halogens is 3. The van der Waals surface area contributed by atoms with Gasteiger partial charge in [0.25, 0.3) is 0 Å². The normalized spacial score (nSPS) is 11.8. The summed E-state index contributed by atoms with van der Waals surface area (Å²) in [6, 6.07) is 7.88. The molecule has 0 fully saturated rings. The first-order valence-electron chi connectivity index (χ1n) is 18.5. The van der Waals surface area contributed by atoms with Crippen molar-refractivity contribution in [3.8, 4) is 11.3 Å². The molecule has 2 aromatic heterocycles.